The van der Waals surface area contributed by atoms with Gasteiger partial charge in [0.1, 0.15) is 6.29 Å². The first-order valence-corrected chi connectivity index (χ1v) is 5.05. The zero-order valence-corrected chi connectivity index (χ0v) is 9.07. The molecule has 0 heterocycles. The summed E-state index contributed by atoms with van der Waals surface area (Å²) in [7, 11) is 0. The minimum Gasteiger partial charge on any atom is -0.303 e. The highest BCUT2D eigenvalue weighted by Crippen LogP contribution is 2.68. The lowest BCUT2D eigenvalue weighted by Gasteiger charge is -2.02. The van der Waals surface area contributed by atoms with Crippen LogP contribution >= 0.6 is 11.6 Å². The maximum absolute atomic E-state index is 13.5. The molecule has 0 aromatic heterocycles. The number of carbonyl (C=O) groups excluding carboxylic acids is 1. The Bertz CT molecular complexity index is 199. The summed E-state index contributed by atoms with van der Waals surface area (Å²) >= 11 is 5.67. The van der Waals surface area contributed by atoms with Crippen LogP contribution in [0.4, 0.5) is 4.39 Å². The third-order valence-electron chi connectivity index (χ3n) is 3.23. The summed E-state index contributed by atoms with van der Waals surface area (Å²) in [5.74, 6) is -0.0760. The SMILES string of the molecule is CC(C=O)CCC1C(C)(C)C1(F)Cl. The first-order valence-electron chi connectivity index (χ1n) is 4.67. The van der Waals surface area contributed by atoms with Crippen molar-refractivity contribution >= 4 is 17.9 Å². The lowest BCUT2D eigenvalue weighted by atomic mass is 10.0. The maximum atomic E-state index is 13.5. The van der Waals surface area contributed by atoms with Gasteiger partial charge in [0.25, 0.3) is 0 Å². The molecule has 0 radical (unpaired) electrons. The summed E-state index contributed by atoms with van der Waals surface area (Å²) in [5.41, 5.74) is -0.419. The van der Waals surface area contributed by atoms with Crippen LogP contribution in [0, 0.1) is 17.3 Å². The van der Waals surface area contributed by atoms with Gasteiger partial charge in [-0.3, -0.25) is 0 Å². The van der Waals surface area contributed by atoms with Crippen LogP contribution in [0.3, 0.4) is 0 Å². The number of rotatable bonds is 4. The van der Waals surface area contributed by atoms with Crippen molar-refractivity contribution in [2.24, 2.45) is 17.3 Å². The van der Waals surface area contributed by atoms with Gasteiger partial charge in [0, 0.05) is 17.3 Å². The van der Waals surface area contributed by atoms with E-state index in [1.165, 1.54) is 0 Å². The van der Waals surface area contributed by atoms with Gasteiger partial charge in [0.05, 0.1) is 0 Å². The van der Waals surface area contributed by atoms with Gasteiger partial charge in [-0.25, -0.2) is 4.39 Å². The second-order valence-electron chi connectivity index (χ2n) is 4.59. The summed E-state index contributed by atoms with van der Waals surface area (Å²) in [6.07, 6.45) is 2.34. The van der Waals surface area contributed by atoms with Gasteiger partial charge >= 0.3 is 0 Å². The smallest absolute Gasteiger partial charge is 0.192 e. The summed E-state index contributed by atoms with van der Waals surface area (Å²) in [6.45, 7) is 5.50. The largest absolute Gasteiger partial charge is 0.303 e. The zero-order valence-electron chi connectivity index (χ0n) is 8.31. The number of halogens is 2. The van der Waals surface area contributed by atoms with Crippen LogP contribution in [0.15, 0.2) is 0 Å². The van der Waals surface area contributed by atoms with Crippen molar-refractivity contribution in [2.45, 2.75) is 38.7 Å². The van der Waals surface area contributed by atoms with Crippen molar-refractivity contribution in [3.05, 3.63) is 0 Å². The van der Waals surface area contributed by atoms with E-state index < -0.39 is 10.5 Å². The van der Waals surface area contributed by atoms with Crippen LogP contribution < -0.4 is 0 Å². The first kappa shape index (κ1) is 11.0. The Morgan fingerprint density at radius 3 is 2.38 bits per heavy atom. The van der Waals surface area contributed by atoms with Crippen LogP contribution in [0.25, 0.3) is 0 Å². The monoisotopic (exact) mass is 206 g/mol. The standard InChI is InChI=1S/C10H16ClFO/c1-7(6-13)4-5-8-9(2,3)10(8,11)12/h6-8H,4-5H2,1-3H3. The topological polar surface area (TPSA) is 17.1 Å². The fourth-order valence-corrected chi connectivity index (χ4v) is 2.26. The van der Waals surface area contributed by atoms with Crippen LogP contribution in [0.1, 0.15) is 33.6 Å². The van der Waals surface area contributed by atoms with E-state index >= 15 is 0 Å². The second-order valence-corrected chi connectivity index (χ2v) is 5.14. The van der Waals surface area contributed by atoms with E-state index in [-0.39, 0.29) is 11.8 Å². The number of hydrogen-bond donors (Lipinski definition) is 0. The normalized spacial score (nSPS) is 38.4. The molecule has 1 nitrogen and oxygen atoms in total. The molecule has 13 heavy (non-hydrogen) atoms. The van der Waals surface area contributed by atoms with Crippen LogP contribution in [0.2, 0.25) is 0 Å². The molecular weight excluding hydrogens is 191 g/mol. The van der Waals surface area contributed by atoms with E-state index in [0.717, 1.165) is 12.7 Å². The molecule has 76 valence electrons. The molecule has 3 atom stereocenters. The second kappa shape index (κ2) is 3.23. The molecule has 3 unspecified atom stereocenters. The first-order chi connectivity index (χ1) is 5.84. The molecule has 1 fully saturated rings. The third kappa shape index (κ3) is 1.74. The van der Waals surface area contributed by atoms with Crippen molar-refractivity contribution < 1.29 is 9.18 Å². The lowest BCUT2D eigenvalue weighted by Crippen LogP contribution is -1.98. The fourth-order valence-electron chi connectivity index (χ4n) is 1.80. The summed E-state index contributed by atoms with van der Waals surface area (Å²) < 4.78 is 13.5. The Morgan fingerprint density at radius 1 is 1.62 bits per heavy atom. The predicted molar refractivity (Wildman–Crippen MR) is 51.4 cm³/mol. The molecule has 0 saturated heterocycles. The van der Waals surface area contributed by atoms with Crippen LogP contribution in [-0.4, -0.2) is 11.4 Å². The van der Waals surface area contributed by atoms with Crippen molar-refractivity contribution in [2.75, 3.05) is 0 Å². The molecule has 0 aromatic rings. The molecule has 0 aromatic carbocycles. The van der Waals surface area contributed by atoms with E-state index in [1.807, 2.05) is 20.8 Å². The Morgan fingerprint density at radius 2 is 2.08 bits per heavy atom. The van der Waals surface area contributed by atoms with Gasteiger partial charge in [0.2, 0.25) is 0 Å². The average Bonchev–Trinajstić information content (AvgIpc) is 2.40. The zero-order chi connectivity index (χ0) is 10.3. The molecule has 0 aliphatic heterocycles. The molecule has 1 aliphatic rings. The number of aldehydes is 1. The minimum absolute atomic E-state index is 0.0175. The number of alkyl halides is 2. The third-order valence-corrected chi connectivity index (χ3v) is 3.98. The van der Waals surface area contributed by atoms with Gasteiger partial charge in [-0.2, -0.15) is 0 Å². The molecule has 1 aliphatic carbocycles. The quantitative estimate of drug-likeness (QED) is 0.510. The van der Waals surface area contributed by atoms with E-state index in [2.05, 4.69) is 0 Å². The number of carbonyl (C=O) groups is 1. The molecular formula is C10H16ClFO. The molecule has 0 amide bonds. The van der Waals surface area contributed by atoms with E-state index in [1.54, 1.807) is 0 Å². The van der Waals surface area contributed by atoms with Gasteiger partial charge < -0.3 is 4.79 Å². The van der Waals surface area contributed by atoms with Gasteiger partial charge in [-0.05, 0) is 12.8 Å². The van der Waals surface area contributed by atoms with Gasteiger partial charge in [-0.1, -0.05) is 32.4 Å². The maximum Gasteiger partial charge on any atom is 0.192 e. The molecule has 0 N–H and O–H groups in total. The number of hydrogen-bond acceptors (Lipinski definition) is 1. The molecule has 1 rings (SSSR count). The highest BCUT2D eigenvalue weighted by Gasteiger charge is 2.71. The fraction of sp³-hybridized carbons (Fsp3) is 0.900. The van der Waals surface area contributed by atoms with Gasteiger partial charge in [-0.15, -0.1) is 0 Å². The van der Waals surface area contributed by atoms with E-state index in [4.69, 9.17) is 11.6 Å². The van der Waals surface area contributed by atoms with Crippen LogP contribution in [-0.2, 0) is 4.79 Å². The van der Waals surface area contributed by atoms with Crippen molar-refractivity contribution in [1.29, 1.82) is 0 Å². The van der Waals surface area contributed by atoms with E-state index in [9.17, 15) is 9.18 Å². The average molecular weight is 207 g/mol. The highest BCUT2D eigenvalue weighted by atomic mass is 35.5. The minimum atomic E-state index is -1.55. The summed E-state index contributed by atoms with van der Waals surface area (Å²) in [4.78, 5) is 10.3. The summed E-state index contributed by atoms with van der Waals surface area (Å²) in [5, 5.41) is -1.55. The Kier molecular flexibility index (Phi) is 2.73. The highest BCUT2D eigenvalue weighted by molar-refractivity contribution is 6.25. The molecule has 1 saturated carbocycles. The Hall–Kier alpha value is -0.110. The van der Waals surface area contributed by atoms with Crippen molar-refractivity contribution in [3.63, 3.8) is 0 Å². The summed E-state index contributed by atoms with van der Waals surface area (Å²) in [6, 6.07) is 0. The van der Waals surface area contributed by atoms with Crippen molar-refractivity contribution in [3.8, 4) is 0 Å². The molecule has 0 spiro atoms. The molecule has 0 bridgehead atoms. The molecule has 3 heteroatoms. The van der Waals surface area contributed by atoms with E-state index in [0.29, 0.717) is 6.42 Å². The van der Waals surface area contributed by atoms with Crippen LogP contribution in [0.5, 0.6) is 0 Å². The lowest BCUT2D eigenvalue weighted by molar-refractivity contribution is -0.110. The van der Waals surface area contributed by atoms with Crippen molar-refractivity contribution in [1.82, 2.24) is 0 Å². The van der Waals surface area contributed by atoms with Gasteiger partial charge in [0.15, 0.2) is 5.13 Å². The predicted octanol–water partition coefficient (Wildman–Crippen LogP) is 3.16. The Balaban J connectivity index is 2.38. The Labute approximate surface area is 83.6 Å².